The molecule has 5 rings (SSSR count). The number of nitrogens with zero attached hydrogens (tertiary/aromatic N) is 1. The first-order valence-corrected chi connectivity index (χ1v) is 13.9. The molecular formula is C34H40N2O4. The van der Waals surface area contributed by atoms with Gasteiger partial charge in [-0.2, -0.15) is 0 Å². The summed E-state index contributed by atoms with van der Waals surface area (Å²) < 4.78 is 16.8. The Hall–Kier alpha value is -3.58. The Morgan fingerprint density at radius 3 is 2.33 bits per heavy atom. The molecule has 1 saturated heterocycles. The number of carbonyl (C=O) groups is 1. The number of nitrogens with one attached hydrogen (secondary N) is 1. The van der Waals surface area contributed by atoms with Gasteiger partial charge in [-0.1, -0.05) is 66.7 Å². The highest BCUT2D eigenvalue weighted by molar-refractivity contribution is 5.82. The number of ether oxygens (including phenoxy) is 3. The van der Waals surface area contributed by atoms with Crippen LogP contribution >= 0.6 is 0 Å². The second-order valence-corrected chi connectivity index (χ2v) is 11.1. The minimum atomic E-state index is -0.318. The highest BCUT2D eigenvalue weighted by atomic mass is 16.5. The minimum absolute atomic E-state index is 0.165. The Balaban J connectivity index is 0.000000470. The van der Waals surface area contributed by atoms with E-state index in [2.05, 4.69) is 81.8 Å². The zero-order valence-electron chi connectivity index (χ0n) is 23.7. The van der Waals surface area contributed by atoms with Crippen molar-refractivity contribution < 1.29 is 19.0 Å². The molecule has 1 aliphatic heterocycles. The summed E-state index contributed by atoms with van der Waals surface area (Å²) in [6.45, 7) is 9.64. The number of hydrogen-bond acceptors (Lipinski definition) is 6. The first-order valence-electron chi connectivity index (χ1n) is 13.9. The van der Waals surface area contributed by atoms with Crippen LogP contribution in [0.25, 0.3) is 10.8 Å². The van der Waals surface area contributed by atoms with E-state index in [-0.39, 0.29) is 11.7 Å². The van der Waals surface area contributed by atoms with Crippen LogP contribution in [0.5, 0.6) is 0 Å². The fourth-order valence-electron chi connectivity index (χ4n) is 4.69. The summed E-state index contributed by atoms with van der Waals surface area (Å²) in [6.07, 6.45) is 4.87. The van der Waals surface area contributed by atoms with E-state index in [0.29, 0.717) is 32.2 Å². The van der Waals surface area contributed by atoms with Crippen LogP contribution < -0.4 is 5.32 Å². The second kappa shape index (κ2) is 14.7. The van der Waals surface area contributed by atoms with Crippen molar-refractivity contribution in [3.63, 3.8) is 0 Å². The van der Waals surface area contributed by atoms with Crippen LogP contribution in [0.3, 0.4) is 0 Å². The lowest BCUT2D eigenvalue weighted by molar-refractivity contribution is -0.138. The summed E-state index contributed by atoms with van der Waals surface area (Å²) in [4.78, 5) is 13.7. The zero-order chi connectivity index (χ0) is 28.2. The first-order chi connectivity index (χ1) is 19.4. The summed E-state index contributed by atoms with van der Waals surface area (Å²) >= 11 is 0. The molecule has 0 amide bonds. The standard InChI is InChI=1S/C29H30N2O2.C5H10O2/c1-2-6-27-16-23(9-10-25(27)5-1)21-33-29-18-31-15-13-28(29)26-11-7-22(8-12-26)19-32-20-24-4-3-14-30-17-24;1-5(2,3)7-4-6/h1-12,14,16-17,28-29,31H,13,15,18-21H2;4H,1-3H3. The summed E-state index contributed by atoms with van der Waals surface area (Å²) in [5, 5.41) is 6.03. The van der Waals surface area contributed by atoms with Gasteiger partial charge in [0.2, 0.25) is 0 Å². The average Bonchev–Trinajstić information content (AvgIpc) is 2.97. The maximum absolute atomic E-state index is 9.60. The van der Waals surface area contributed by atoms with E-state index in [9.17, 15) is 4.79 Å². The molecule has 0 spiro atoms. The molecule has 0 saturated carbocycles. The van der Waals surface area contributed by atoms with E-state index in [4.69, 9.17) is 9.47 Å². The van der Waals surface area contributed by atoms with E-state index >= 15 is 0 Å². The van der Waals surface area contributed by atoms with Gasteiger partial charge >= 0.3 is 0 Å². The van der Waals surface area contributed by atoms with Crippen LogP contribution in [0, 0.1) is 0 Å². The molecule has 210 valence electrons. The lowest BCUT2D eigenvalue weighted by Gasteiger charge is -2.32. The van der Waals surface area contributed by atoms with Gasteiger partial charge < -0.3 is 19.5 Å². The Labute approximate surface area is 237 Å². The lowest BCUT2D eigenvalue weighted by Crippen LogP contribution is -2.40. The molecule has 3 aromatic carbocycles. The molecule has 4 aromatic rings. The van der Waals surface area contributed by atoms with Crippen molar-refractivity contribution in [1.29, 1.82) is 0 Å². The molecule has 2 unspecified atom stereocenters. The molecule has 6 nitrogen and oxygen atoms in total. The Bertz CT molecular complexity index is 1320. The summed E-state index contributed by atoms with van der Waals surface area (Å²) in [6, 6.07) is 27.9. The maximum Gasteiger partial charge on any atom is 0.293 e. The normalized spacial score (nSPS) is 17.1. The van der Waals surface area contributed by atoms with Gasteiger partial charge in [0.05, 0.1) is 25.9 Å². The number of fused-ring (bicyclic) bond motifs is 1. The molecule has 0 radical (unpaired) electrons. The maximum atomic E-state index is 9.60. The SMILES string of the molecule is CC(C)(C)OC=O.c1cncc(COCc2ccc(C3CCNCC3OCc3ccc4ccccc4c3)cc2)c1. The van der Waals surface area contributed by atoms with Gasteiger partial charge in [0.1, 0.15) is 5.60 Å². The Kier molecular flexibility index (Phi) is 10.8. The Morgan fingerprint density at radius 1 is 0.875 bits per heavy atom. The van der Waals surface area contributed by atoms with Crippen LogP contribution in [0.2, 0.25) is 0 Å². The van der Waals surface area contributed by atoms with Crippen molar-refractivity contribution in [3.8, 4) is 0 Å². The monoisotopic (exact) mass is 540 g/mol. The van der Waals surface area contributed by atoms with Gasteiger partial charge in [0.15, 0.2) is 0 Å². The second-order valence-electron chi connectivity index (χ2n) is 11.1. The fraction of sp³-hybridized carbons (Fsp3) is 0.353. The molecule has 40 heavy (non-hydrogen) atoms. The predicted molar refractivity (Wildman–Crippen MR) is 159 cm³/mol. The van der Waals surface area contributed by atoms with E-state index in [1.54, 1.807) is 6.20 Å². The number of pyridine rings is 1. The van der Waals surface area contributed by atoms with Gasteiger partial charge in [-0.3, -0.25) is 9.78 Å². The van der Waals surface area contributed by atoms with Crippen LogP contribution in [-0.2, 0) is 38.8 Å². The third-order valence-corrected chi connectivity index (χ3v) is 6.77. The van der Waals surface area contributed by atoms with Crippen molar-refractivity contribution in [2.45, 2.75) is 64.6 Å². The average molecular weight is 541 g/mol. The highest BCUT2D eigenvalue weighted by Gasteiger charge is 2.27. The molecule has 2 atom stereocenters. The van der Waals surface area contributed by atoms with E-state index in [0.717, 1.165) is 25.1 Å². The van der Waals surface area contributed by atoms with E-state index in [1.807, 2.05) is 39.1 Å². The number of aromatic nitrogens is 1. The summed E-state index contributed by atoms with van der Waals surface area (Å²) in [7, 11) is 0. The van der Waals surface area contributed by atoms with Gasteiger partial charge in [-0.25, -0.2) is 0 Å². The van der Waals surface area contributed by atoms with Gasteiger partial charge in [-0.15, -0.1) is 0 Å². The van der Waals surface area contributed by atoms with E-state index < -0.39 is 0 Å². The summed E-state index contributed by atoms with van der Waals surface area (Å²) in [5.74, 6) is 0.400. The lowest BCUT2D eigenvalue weighted by atomic mass is 9.87. The molecule has 1 fully saturated rings. The quantitative estimate of drug-likeness (QED) is 0.242. The molecule has 1 aromatic heterocycles. The number of piperidine rings is 1. The topological polar surface area (TPSA) is 69.7 Å². The molecular weight excluding hydrogens is 500 g/mol. The Morgan fingerprint density at radius 2 is 1.62 bits per heavy atom. The van der Waals surface area contributed by atoms with Crippen LogP contribution in [-0.4, -0.2) is 36.3 Å². The fourth-order valence-corrected chi connectivity index (χ4v) is 4.69. The van der Waals surface area contributed by atoms with Crippen molar-refractivity contribution in [2.75, 3.05) is 13.1 Å². The van der Waals surface area contributed by atoms with Crippen molar-refractivity contribution >= 4 is 17.2 Å². The third-order valence-electron chi connectivity index (χ3n) is 6.77. The third kappa shape index (κ3) is 9.26. The zero-order valence-corrected chi connectivity index (χ0v) is 23.7. The smallest absolute Gasteiger partial charge is 0.293 e. The largest absolute Gasteiger partial charge is 0.462 e. The van der Waals surface area contributed by atoms with Gasteiger partial charge in [-0.05, 0) is 78.9 Å². The van der Waals surface area contributed by atoms with Crippen molar-refractivity contribution in [3.05, 3.63) is 114 Å². The van der Waals surface area contributed by atoms with Crippen LogP contribution in [0.1, 0.15) is 55.4 Å². The van der Waals surface area contributed by atoms with Crippen molar-refractivity contribution in [2.24, 2.45) is 0 Å². The van der Waals surface area contributed by atoms with Gasteiger partial charge in [0.25, 0.3) is 6.47 Å². The molecule has 0 bridgehead atoms. The number of hydrogen-bond donors (Lipinski definition) is 1. The van der Waals surface area contributed by atoms with Crippen LogP contribution in [0.4, 0.5) is 0 Å². The molecule has 1 aliphatic rings. The van der Waals surface area contributed by atoms with E-state index in [1.165, 1.54) is 27.5 Å². The highest BCUT2D eigenvalue weighted by Crippen LogP contribution is 2.29. The number of rotatable bonds is 9. The first kappa shape index (κ1) is 29.4. The predicted octanol–water partition coefficient (Wildman–Crippen LogP) is 6.57. The van der Waals surface area contributed by atoms with Crippen molar-refractivity contribution in [1.82, 2.24) is 10.3 Å². The molecule has 0 aliphatic carbocycles. The minimum Gasteiger partial charge on any atom is -0.462 e. The number of carbonyl (C=O) groups excluding carboxylic acids is 1. The molecule has 6 heteroatoms. The molecule has 1 N–H and O–H groups in total. The molecule has 2 heterocycles. The number of benzene rings is 3. The summed E-state index contributed by atoms with van der Waals surface area (Å²) in [5.41, 5.74) is 4.53. The van der Waals surface area contributed by atoms with Crippen LogP contribution in [0.15, 0.2) is 91.3 Å². The van der Waals surface area contributed by atoms with Gasteiger partial charge in [0, 0.05) is 24.9 Å².